The van der Waals surface area contributed by atoms with Crippen molar-refractivity contribution in [2.24, 2.45) is 4.99 Å². The second kappa shape index (κ2) is 10.3. The fraction of sp³-hybridized carbons (Fsp3) is 0.632. The standard InChI is InChI=1S/C19H31N3O2.HI/c1-18(2,23-4)14-21-17(20-3)22-15-19(10-12-24-13-11-19)16-8-6-5-7-9-16;/h5-9H,10-15H2,1-4H3,(H2,20,21,22);1H. The number of halogens is 1. The first-order valence-corrected chi connectivity index (χ1v) is 8.64. The van der Waals surface area contributed by atoms with Crippen LogP contribution in [-0.2, 0) is 14.9 Å². The lowest BCUT2D eigenvalue weighted by molar-refractivity contribution is 0.0267. The first-order chi connectivity index (χ1) is 11.5. The Morgan fingerprint density at radius 1 is 1.20 bits per heavy atom. The number of methoxy groups -OCH3 is 1. The van der Waals surface area contributed by atoms with E-state index < -0.39 is 0 Å². The maximum absolute atomic E-state index is 5.60. The van der Waals surface area contributed by atoms with Crippen LogP contribution in [0.3, 0.4) is 0 Å². The molecule has 2 rings (SSSR count). The van der Waals surface area contributed by atoms with Gasteiger partial charge in [0.25, 0.3) is 0 Å². The molecule has 142 valence electrons. The summed E-state index contributed by atoms with van der Waals surface area (Å²) in [6.07, 6.45) is 2.04. The molecule has 25 heavy (non-hydrogen) atoms. The number of rotatable bonds is 6. The summed E-state index contributed by atoms with van der Waals surface area (Å²) in [7, 11) is 3.53. The zero-order valence-electron chi connectivity index (χ0n) is 15.8. The Morgan fingerprint density at radius 3 is 2.40 bits per heavy atom. The van der Waals surface area contributed by atoms with Gasteiger partial charge in [-0.1, -0.05) is 30.3 Å². The second-order valence-corrected chi connectivity index (χ2v) is 7.00. The minimum atomic E-state index is -0.229. The topological polar surface area (TPSA) is 54.9 Å². The fourth-order valence-corrected chi connectivity index (χ4v) is 2.96. The van der Waals surface area contributed by atoms with Gasteiger partial charge in [0.15, 0.2) is 5.96 Å². The molecule has 6 heteroatoms. The SMILES string of the molecule is CN=C(NCC(C)(C)OC)NCC1(c2ccccc2)CCOCC1.I. The minimum Gasteiger partial charge on any atom is -0.381 e. The highest BCUT2D eigenvalue weighted by Gasteiger charge is 2.34. The van der Waals surface area contributed by atoms with Crippen molar-refractivity contribution in [3.8, 4) is 0 Å². The van der Waals surface area contributed by atoms with Gasteiger partial charge in [-0.3, -0.25) is 4.99 Å². The Bertz CT molecular complexity index is 529. The van der Waals surface area contributed by atoms with Gasteiger partial charge in [-0.2, -0.15) is 0 Å². The van der Waals surface area contributed by atoms with Crippen LogP contribution in [0.15, 0.2) is 35.3 Å². The van der Waals surface area contributed by atoms with E-state index >= 15 is 0 Å². The third kappa shape index (κ3) is 6.42. The molecule has 1 heterocycles. The molecule has 0 aliphatic carbocycles. The lowest BCUT2D eigenvalue weighted by Crippen LogP contribution is -2.50. The molecule has 0 radical (unpaired) electrons. The number of aliphatic imine (C=N–C) groups is 1. The molecule has 1 saturated heterocycles. The highest BCUT2D eigenvalue weighted by atomic mass is 127. The summed E-state index contributed by atoms with van der Waals surface area (Å²) < 4.78 is 11.1. The number of ether oxygens (including phenoxy) is 2. The Kier molecular flexibility index (Phi) is 9.16. The van der Waals surface area contributed by atoms with Crippen molar-refractivity contribution in [2.75, 3.05) is 40.5 Å². The molecule has 1 aromatic carbocycles. The summed E-state index contributed by atoms with van der Waals surface area (Å²) >= 11 is 0. The third-order valence-electron chi connectivity index (χ3n) is 4.89. The summed E-state index contributed by atoms with van der Waals surface area (Å²) in [6.45, 7) is 7.26. The second-order valence-electron chi connectivity index (χ2n) is 7.00. The summed E-state index contributed by atoms with van der Waals surface area (Å²) in [4.78, 5) is 4.34. The van der Waals surface area contributed by atoms with Crippen LogP contribution >= 0.6 is 24.0 Å². The fourth-order valence-electron chi connectivity index (χ4n) is 2.96. The maximum Gasteiger partial charge on any atom is 0.191 e. The average Bonchev–Trinajstić information content (AvgIpc) is 2.63. The summed E-state index contributed by atoms with van der Waals surface area (Å²) in [6, 6.07) is 10.7. The number of guanidine groups is 1. The first-order valence-electron chi connectivity index (χ1n) is 8.64. The van der Waals surface area contributed by atoms with Crippen molar-refractivity contribution >= 4 is 29.9 Å². The van der Waals surface area contributed by atoms with Crippen LogP contribution in [0.25, 0.3) is 0 Å². The van der Waals surface area contributed by atoms with Crippen LogP contribution < -0.4 is 10.6 Å². The summed E-state index contributed by atoms with van der Waals surface area (Å²) in [5.74, 6) is 0.807. The quantitative estimate of drug-likeness (QED) is 0.389. The Morgan fingerprint density at radius 2 is 1.84 bits per heavy atom. The summed E-state index contributed by atoms with van der Waals surface area (Å²) in [5, 5.41) is 6.85. The van der Waals surface area contributed by atoms with E-state index in [9.17, 15) is 0 Å². The van der Waals surface area contributed by atoms with Crippen LogP contribution in [0.2, 0.25) is 0 Å². The molecule has 0 unspecified atom stereocenters. The number of nitrogens with zero attached hydrogens (tertiary/aromatic N) is 1. The van der Waals surface area contributed by atoms with Gasteiger partial charge < -0.3 is 20.1 Å². The molecule has 0 spiro atoms. The van der Waals surface area contributed by atoms with E-state index in [1.54, 1.807) is 14.2 Å². The lowest BCUT2D eigenvalue weighted by Gasteiger charge is -2.38. The van der Waals surface area contributed by atoms with E-state index in [1.807, 2.05) is 0 Å². The van der Waals surface area contributed by atoms with Crippen molar-refractivity contribution in [1.29, 1.82) is 0 Å². The smallest absolute Gasteiger partial charge is 0.191 e. The molecule has 0 bridgehead atoms. The molecule has 0 amide bonds. The van der Waals surface area contributed by atoms with E-state index in [2.05, 4.69) is 59.8 Å². The van der Waals surface area contributed by atoms with Crippen LogP contribution in [-0.4, -0.2) is 52.0 Å². The predicted molar refractivity (Wildman–Crippen MR) is 114 cm³/mol. The van der Waals surface area contributed by atoms with Gasteiger partial charge in [0, 0.05) is 45.9 Å². The van der Waals surface area contributed by atoms with E-state index in [0.29, 0.717) is 6.54 Å². The zero-order chi connectivity index (χ0) is 17.5. The number of hydrogen-bond acceptors (Lipinski definition) is 3. The van der Waals surface area contributed by atoms with Gasteiger partial charge in [-0.15, -0.1) is 24.0 Å². The van der Waals surface area contributed by atoms with Crippen molar-refractivity contribution in [2.45, 2.75) is 37.7 Å². The van der Waals surface area contributed by atoms with E-state index in [0.717, 1.165) is 38.6 Å². The highest BCUT2D eigenvalue weighted by Crippen LogP contribution is 2.34. The minimum absolute atomic E-state index is 0. The van der Waals surface area contributed by atoms with Gasteiger partial charge in [-0.25, -0.2) is 0 Å². The van der Waals surface area contributed by atoms with E-state index in [1.165, 1.54) is 5.56 Å². The molecule has 1 aliphatic rings. The molecule has 1 aliphatic heterocycles. The molecule has 0 aromatic heterocycles. The Balaban J connectivity index is 0.00000312. The van der Waals surface area contributed by atoms with E-state index in [-0.39, 0.29) is 35.0 Å². The van der Waals surface area contributed by atoms with Crippen molar-refractivity contribution in [3.63, 3.8) is 0 Å². The molecular formula is C19H32IN3O2. The largest absolute Gasteiger partial charge is 0.381 e. The van der Waals surface area contributed by atoms with Crippen LogP contribution in [0.5, 0.6) is 0 Å². The number of nitrogens with one attached hydrogen (secondary N) is 2. The zero-order valence-corrected chi connectivity index (χ0v) is 18.1. The maximum atomic E-state index is 5.60. The number of benzene rings is 1. The molecule has 5 nitrogen and oxygen atoms in total. The molecule has 0 atom stereocenters. The van der Waals surface area contributed by atoms with Gasteiger partial charge in [0.1, 0.15) is 0 Å². The van der Waals surface area contributed by atoms with Crippen molar-refractivity contribution < 1.29 is 9.47 Å². The van der Waals surface area contributed by atoms with Gasteiger partial charge in [0.2, 0.25) is 0 Å². The van der Waals surface area contributed by atoms with Gasteiger partial charge >= 0.3 is 0 Å². The Labute approximate surface area is 169 Å². The highest BCUT2D eigenvalue weighted by molar-refractivity contribution is 14.0. The number of hydrogen-bond donors (Lipinski definition) is 2. The van der Waals surface area contributed by atoms with Gasteiger partial charge in [0.05, 0.1) is 5.60 Å². The van der Waals surface area contributed by atoms with Crippen LogP contribution in [0.1, 0.15) is 32.3 Å². The lowest BCUT2D eigenvalue weighted by atomic mass is 9.74. The first kappa shape index (κ1) is 22.2. The molecule has 1 fully saturated rings. The van der Waals surface area contributed by atoms with Crippen LogP contribution in [0, 0.1) is 0 Å². The normalized spacial score (nSPS) is 17.5. The monoisotopic (exact) mass is 461 g/mol. The molecule has 1 aromatic rings. The summed E-state index contributed by atoms with van der Waals surface area (Å²) in [5.41, 5.74) is 1.23. The molecule has 2 N–H and O–H groups in total. The van der Waals surface area contributed by atoms with Crippen molar-refractivity contribution in [3.05, 3.63) is 35.9 Å². The van der Waals surface area contributed by atoms with Crippen molar-refractivity contribution in [1.82, 2.24) is 10.6 Å². The van der Waals surface area contributed by atoms with E-state index in [4.69, 9.17) is 9.47 Å². The van der Waals surface area contributed by atoms with Gasteiger partial charge in [-0.05, 0) is 32.3 Å². The predicted octanol–water partition coefficient (Wildman–Crippen LogP) is 2.94. The third-order valence-corrected chi connectivity index (χ3v) is 4.89. The van der Waals surface area contributed by atoms with Crippen LogP contribution in [0.4, 0.5) is 0 Å². The average molecular weight is 461 g/mol. The molecular weight excluding hydrogens is 429 g/mol. The Hall–Kier alpha value is -0.860. The molecule has 0 saturated carbocycles.